The summed E-state index contributed by atoms with van der Waals surface area (Å²) in [5.74, 6) is 0. The van der Waals surface area contributed by atoms with Crippen molar-refractivity contribution in [3.05, 3.63) is 47.3 Å². The smallest absolute Gasteiger partial charge is 0.0729 e. The minimum absolute atomic E-state index is 0.404. The molecule has 2 aromatic rings. The summed E-state index contributed by atoms with van der Waals surface area (Å²) in [6, 6.07) is 6.96. The van der Waals surface area contributed by atoms with Crippen LogP contribution in [-0.4, -0.2) is 9.78 Å². The minimum Gasteiger partial charge on any atom is -0.378 e. The quantitative estimate of drug-likeness (QED) is 0.887. The van der Waals surface area contributed by atoms with Crippen molar-refractivity contribution in [2.24, 2.45) is 0 Å². The van der Waals surface area contributed by atoms with Gasteiger partial charge in [-0.25, -0.2) is 0 Å². The molecule has 0 radical (unpaired) electrons. The second-order valence-electron chi connectivity index (χ2n) is 5.09. The molecule has 96 valence electrons. The summed E-state index contributed by atoms with van der Waals surface area (Å²) < 4.78 is 1.96. The van der Waals surface area contributed by atoms with Crippen LogP contribution in [0.3, 0.4) is 0 Å². The van der Waals surface area contributed by atoms with Crippen molar-refractivity contribution in [1.29, 1.82) is 0 Å². The van der Waals surface area contributed by atoms with Crippen LogP contribution in [0.5, 0.6) is 0 Å². The highest BCUT2D eigenvalue weighted by atomic mass is 15.3. The Labute approximate surface area is 109 Å². The standard InChI is InChI=1S/C15H21N3/c1-11(2)18-10-15(9-17-18)16-8-14-6-5-12(3)7-13(14)4/h5-7,9-11,16H,8H2,1-4H3. The topological polar surface area (TPSA) is 29.9 Å². The fourth-order valence-corrected chi connectivity index (χ4v) is 1.95. The zero-order valence-corrected chi connectivity index (χ0v) is 11.6. The highest BCUT2D eigenvalue weighted by Crippen LogP contribution is 2.14. The molecular weight excluding hydrogens is 222 g/mol. The van der Waals surface area contributed by atoms with Gasteiger partial charge in [0.05, 0.1) is 11.9 Å². The first kappa shape index (κ1) is 12.7. The van der Waals surface area contributed by atoms with E-state index in [1.807, 2.05) is 17.1 Å². The van der Waals surface area contributed by atoms with Crippen molar-refractivity contribution in [2.75, 3.05) is 5.32 Å². The average molecular weight is 243 g/mol. The number of rotatable bonds is 4. The Morgan fingerprint density at radius 3 is 2.67 bits per heavy atom. The van der Waals surface area contributed by atoms with Crippen LogP contribution in [-0.2, 0) is 6.54 Å². The van der Waals surface area contributed by atoms with Crippen LogP contribution < -0.4 is 5.32 Å². The molecule has 0 saturated heterocycles. The number of aryl methyl sites for hydroxylation is 2. The minimum atomic E-state index is 0.404. The Kier molecular flexibility index (Phi) is 3.70. The van der Waals surface area contributed by atoms with Gasteiger partial charge in [-0.05, 0) is 38.8 Å². The van der Waals surface area contributed by atoms with Crippen LogP contribution in [0.4, 0.5) is 5.69 Å². The molecule has 0 spiro atoms. The third-order valence-corrected chi connectivity index (χ3v) is 3.11. The molecule has 1 aromatic heterocycles. The number of aromatic nitrogens is 2. The van der Waals surface area contributed by atoms with Crippen molar-refractivity contribution in [2.45, 2.75) is 40.3 Å². The Morgan fingerprint density at radius 2 is 2.06 bits per heavy atom. The van der Waals surface area contributed by atoms with Gasteiger partial charge < -0.3 is 5.32 Å². The third-order valence-electron chi connectivity index (χ3n) is 3.11. The summed E-state index contributed by atoms with van der Waals surface area (Å²) in [6.07, 6.45) is 3.93. The van der Waals surface area contributed by atoms with Crippen LogP contribution in [0.2, 0.25) is 0 Å². The molecule has 3 heteroatoms. The summed E-state index contributed by atoms with van der Waals surface area (Å²) in [4.78, 5) is 0. The summed E-state index contributed by atoms with van der Waals surface area (Å²) in [6.45, 7) is 9.37. The highest BCUT2D eigenvalue weighted by Gasteiger charge is 2.02. The fourth-order valence-electron chi connectivity index (χ4n) is 1.95. The molecule has 0 amide bonds. The van der Waals surface area contributed by atoms with Crippen LogP contribution in [0.25, 0.3) is 0 Å². The molecule has 0 atom stereocenters. The van der Waals surface area contributed by atoms with Crippen molar-refractivity contribution in [1.82, 2.24) is 9.78 Å². The van der Waals surface area contributed by atoms with Crippen LogP contribution in [0.15, 0.2) is 30.6 Å². The molecule has 1 aromatic carbocycles. The lowest BCUT2D eigenvalue weighted by atomic mass is 10.1. The van der Waals surface area contributed by atoms with Crippen molar-refractivity contribution < 1.29 is 0 Å². The maximum Gasteiger partial charge on any atom is 0.0729 e. The van der Waals surface area contributed by atoms with Crippen molar-refractivity contribution >= 4 is 5.69 Å². The lowest BCUT2D eigenvalue weighted by Crippen LogP contribution is -2.02. The molecule has 0 aliphatic rings. The van der Waals surface area contributed by atoms with E-state index >= 15 is 0 Å². The Balaban J connectivity index is 2.02. The molecule has 1 heterocycles. The monoisotopic (exact) mass is 243 g/mol. The van der Waals surface area contributed by atoms with E-state index in [2.05, 4.69) is 56.3 Å². The average Bonchev–Trinajstić information content (AvgIpc) is 2.76. The summed E-state index contributed by atoms with van der Waals surface area (Å²) >= 11 is 0. The van der Waals surface area contributed by atoms with Gasteiger partial charge in [-0.3, -0.25) is 4.68 Å². The summed E-state index contributed by atoms with van der Waals surface area (Å²) in [5.41, 5.74) is 5.05. The SMILES string of the molecule is Cc1ccc(CNc2cnn(C(C)C)c2)c(C)c1. The highest BCUT2D eigenvalue weighted by molar-refractivity contribution is 5.41. The number of benzene rings is 1. The number of hydrogen-bond acceptors (Lipinski definition) is 2. The van der Waals surface area contributed by atoms with E-state index in [4.69, 9.17) is 0 Å². The van der Waals surface area contributed by atoms with E-state index in [9.17, 15) is 0 Å². The lowest BCUT2D eigenvalue weighted by molar-refractivity contribution is 0.532. The normalized spacial score (nSPS) is 10.9. The van der Waals surface area contributed by atoms with Gasteiger partial charge in [0.15, 0.2) is 0 Å². The summed E-state index contributed by atoms with van der Waals surface area (Å²) in [7, 11) is 0. The fraction of sp³-hybridized carbons (Fsp3) is 0.400. The van der Waals surface area contributed by atoms with Crippen molar-refractivity contribution in [3.8, 4) is 0 Å². The molecule has 0 fully saturated rings. The predicted molar refractivity (Wildman–Crippen MR) is 75.9 cm³/mol. The number of nitrogens with one attached hydrogen (secondary N) is 1. The van der Waals surface area contributed by atoms with Gasteiger partial charge in [0.2, 0.25) is 0 Å². The Hall–Kier alpha value is -1.77. The first-order valence-corrected chi connectivity index (χ1v) is 6.40. The maximum absolute atomic E-state index is 4.32. The second-order valence-corrected chi connectivity index (χ2v) is 5.09. The summed E-state index contributed by atoms with van der Waals surface area (Å²) in [5, 5.41) is 7.73. The number of nitrogens with zero attached hydrogens (tertiary/aromatic N) is 2. The van der Waals surface area contributed by atoms with E-state index in [1.54, 1.807) is 0 Å². The first-order valence-electron chi connectivity index (χ1n) is 6.40. The van der Waals surface area contributed by atoms with E-state index in [1.165, 1.54) is 16.7 Å². The number of anilines is 1. The second kappa shape index (κ2) is 5.25. The zero-order valence-electron chi connectivity index (χ0n) is 11.6. The molecule has 0 aliphatic heterocycles. The Morgan fingerprint density at radius 1 is 1.28 bits per heavy atom. The zero-order chi connectivity index (χ0) is 13.1. The van der Waals surface area contributed by atoms with Crippen LogP contribution in [0, 0.1) is 13.8 Å². The molecule has 0 bridgehead atoms. The molecule has 0 aliphatic carbocycles. The molecule has 1 N–H and O–H groups in total. The van der Waals surface area contributed by atoms with Gasteiger partial charge in [0.1, 0.15) is 0 Å². The van der Waals surface area contributed by atoms with E-state index < -0.39 is 0 Å². The van der Waals surface area contributed by atoms with Gasteiger partial charge in [0, 0.05) is 18.8 Å². The van der Waals surface area contributed by atoms with Gasteiger partial charge in [-0.2, -0.15) is 5.10 Å². The molecule has 0 saturated carbocycles. The lowest BCUT2D eigenvalue weighted by Gasteiger charge is -2.08. The molecule has 0 unspecified atom stereocenters. The van der Waals surface area contributed by atoms with E-state index in [0.717, 1.165) is 12.2 Å². The number of hydrogen-bond donors (Lipinski definition) is 1. The maximum atomic E-state index is 4.32. The molecule has 18 heavy (non-hydrogen) atoms. The Bertz CT molecular complexity index is 526. The molecular formula is C15H21N3. The van der Waals surface area contributed by atoms with Crippen molar-refractivity contribution in [3.63, 3.8) is 0 Å². The largest absolute Gasteiger partial charge is 0.378 e. The van der Waals surface area contributed by atoms with E-state index in [0.29, 0.717) is 6.04 Å². The van der Waals surface area contributed by atoms with Gasteiger partial charge in [-0.1, -0.05) is 23.8 Å². The van der Waals surface area contributed by atoms with Gasteiger partial charge in [0.25, 0.3) is 0 Å². The first-order chi connectivity index (χ1) is 8.56. The van der Waals surface area contributed by atoms with E-state index in [-0.39, 0.29) is 0 Å². The van der Waals surface area contributed by atoms with Gasteiger partial charge in [-0.15, -0.1) is 0 Å². The third kappa shape index (κ3) is 2.92. The predicted octanol–water partition coefficient (Wildman–Crippen LogP) is 3.69. The van der Waals surface area contributed by atoms with Gasteiger partial charge >= 0.3 is 0 Å². The van der Waals surface area contributed by atoms with Crippen LogP contribution in [0.1, 0.15) is 36.6 Å². The molecule has 2 rings (SSSR count). The molecule has 3 nitrogen and oxygen atoms in total. The van der Waals surface area contributed by atoms with Crippen LogP contribution >= 0.6 is 0 Å².